The third-order valence-electron chi connectivity index (χ3n) is 5.11. The summed E-state index contributed by atoms with van der Waals surface area (Å²) in [4.78, 5) is 27.0. The summed E-state index contributed by atoms with van der Waals surface area (Å²) in [5, 5.41) is 2.95. The van der Waals surface area contributed by atoms with Crippen LogP contribution in [0.4, 0.5) is 5.69 Å². The van der Waals surface area contributed by atoms with E-state index in [2.05, 4.69) is 12.2 Å². The SMILES string of the molecule is CCc1cccc(C)c1N1CC(C(=O)NCc2ccccc2OC)CC1=O. The van der Waals surface area contributed by atoms with E-state index in [0.717, 1.165) is 34.5 Å². The Kier molecular flexibility index (Phi) is 5.79. The lowest BCUT2D eigenvalue weighted by Crippen LogP contribution is -2.33. The summed E-state index contributed by atoms with van der Waals surface area (Å²) in [6, 6.07) is 13.7. The van der Waals surface area contributed by atoms with Gasteiger partial charge in [-0.05, 0) is 30.5 Å². The normalized spacial score (nSPS) is 16.5. The number of rotatable bonds is 6. The molecule has 1 aliphatic rings. The second-order valence-electron chi connectivity index (χ2n) is 6.87. The van der Waals surface area contributed by atoms with Crippen molar-refractivity contribution in [1.82, 2.24) is 5.32 Å². The fraction of sp³-hybridized carbons (Fsp3) is 0.364. The molecule has 1 fully saturated rings. The van der Waals surface area contributed by atoms with Gasteiger partial charge in [-0.3, -0.25) is 9.59 Å². The summed E-state index contributed by atoms with van der Waals surface area (Å²) < 4.78 is 5.32. The van der Waals surface area contributed by atoms with Gasteiger partial charge in [0.2, 0.25) is 11.8 Å². The van der Waals surface area contributed by atoms with Crippen LogP contribution in [-0.4, -0.2) is 25.5 Å². The average Bonchev–Trinajstić information content (AvgIpc) is 3.07. The minimum atomic E-state index is -0.337. The maximum Gasteiger partial charge on any atom is 0.227 e. The van der Waals surface area contributed by atoms with Crippen molar-refractivity contribution in [2.24, 2.45) is 5.92 Å². The van der Waals surface area contributed by atoms with Gasteiger partial charge in [-0.15, -0.1) is 0 Å². The van der Waals surface area contributed by atoms with Gasteiger partial charge in [-0.1, -0.05) is 43.3 Å². The molecule has 0 aliphatic carbocycles. The zero-order valence-electron chi connectivity index (χ0n) is 16.1. The molecule has 2 amide bonds. The van der Waals surface area contributed by atoms with Crippen molar-refractivity contribution in [3.05, 3.63) is 59.2 Å². The van der Waals surface area contributed by atoms with Crippen molar-refractivity contribution < 1.29 is 14.3 Å². The summed E-state index contributed by atoms with van der Waals surface area (Å²) in [7, 11) is 1.61. The molecule has 1 N–H and O–H groups in total. The summed E-state index contributed by atoms with van der Waals surface area (Å²) in [5.74, 6) is 0.325. The molecule has 1 unspecified atom stereocenters. The third kappa shape index (κ3) is 3.97. The maximum absolute atomic E-state index is 12.6. The summed E-state index contributed by atoms with van der Waals surface area (Å²) in [6.07, 6.45) is 1.10. The van der Waals surface area contributed by atoms with E-state index in [1.54, 1.807) is 12.0 Å². The van der Waals surface area contributed by atoms with Crippen LogP contribution >= 0.6 is 0 Å². The van der Waals surface area contributed by atoms with Crippen molar-refractivity contribution >= 4 is 17.5 Å². The molecule has 142 valence electrons. The molecule has 2 aromatic rings. The highest BCUT2D eigenvalue weighted by atomic mass is 16.5. The van der Waals surface area contributed by atoms with Crippen LogP contribution in [0.15, 0.2) is 42.5 Å². The molecule has 1 atom stereocenters. The van der Waals surface area contributed by atoms with E-state index in [1.165, 1.54) is 0 Å². The number of anilines is 1. The predicted octanol–water partition coefficient (Wildman–Crippen LogP) is 3.24. The Labute approximate surface area is 160 Å². The number of nitrogens with zero attached hydrogens (tertiary/aromatic N) is 1. The van der Waals surface area contributed by atoms with Crippen molar-refractivity contribution in [3.63, 3.8) is 0 Å². The monoisotopic (exact) mass is 366 g/mol. The van der Waals surface area contributed by atoms with Crippen LogP contribution in [-0.2, 0) is 22.6 Å². The van der Waals surface area contributed by atoms with E-state index in [-0.39, 0.29) is 24.2 Å². The Morgan fingerprint density at radius 3 is 2.67 bits per heavy atom. The molecule has 0 saturated carbocycles. The molecule has 0 aromatic heterocycles. The largest absolute Gasteiger partial charge is 0.496 e. The number of hydrogen-bond donors (Lipinski definition) is 1. The predicted molar refractivity (Wildman–Crippen MR) is 106 cm³/mol. The molecule has 0 spiro atoms. The lowest BCUT2D eigenvalue weighted by Gasteiger charge is -2.22. The van der Waals surface area contributed by atoms with E-state index < -0.39 is 0 Å². The van der Waals surface area contributed by atoms with Gasteiger partial charge in [0.15, 0.2) is 0 Å². The van der Waals surface area contributed by atoms with Gasteiger partial charge >= 0.3 is 0 Å². The number of nitrogens with one attached hydrogen (secondary N) is 1. The number of carbonyl (C=O) groups is 2. The first-order chi connectivity index (χ1) is 13.0. The topological polar surface area (TPSA) is 58.6 Å². The van der Waals surface area contributed by atoms with E-state index in [9.17, 15) is 9.59 Å². The highest BCUT2D eigenvalue weighted by molar-refractivity contribution is 6.01. The minimum absolute atomic E-state index is 0.0106. The first-order valence-electron chi connectivity index (χ1n) is 9.33. The van der Waals surface area contributed by atoms with E-state index in [0.29, 0.717) is 13.1 Å². The molecule has 3 rings (SSSR count). The lowest BCUT2D eigenvalue weighted by molar-refractivity contribution is -0.126. The average molecular weight is 366 g/mol. The molecular formula is C22H26N2O3. The van der Waals surface area contributed by atoms with Gasteiger partial charge in [0.05, 0.1) is 13.0 Å². The number of methoxy groups -OCH3 is 1. The van der Waals surface area contributed by atoms with Gasteiger partial charge < -0.3 is 15.0 Å². The van der Waals surface area contributed by atoms with E-state index >= 15 is 0 Å². The van der Waals surface area contributed by atoms with Crippen molar-refractivity contribution in [2.75, 3.05) is 18.6 Å². The van der Waals surface area contributed by atoms with Crippen LogP contribution in [0.5, 0.6) is 5.75 Å². The fourth-order valence-electron chi connectivity index (χ4n) is 3.67. The Morgan fingerprint density at radius 2 is 1.93 bits per heavy atom. The van der Waals surface area contributed by atoms with Crippen molar-refractivity contribution in [2.45, 2.75) is 33.2 Å². The van der Waals surface area contributed by atoms with Gasteiger partial charge in [0.1, 0.15) is 5.75 Å². The smallest absolute Gasteiger partial charge is 0.227 e. The number of para-hydroxylation sites is 2. The molecule has 2 aromatic carbocycles. The van der Waals surface area contributed by atoms with Gasteiger partial charge in [0, 0.05) is 30.8 Å². The van der Waals surface area contributed by atoms with E-state index in [1.807, 2.05) is 49.4 Å². The highest BCUT2D eigenvalue weighted by Crippen LogP contribution is 2.31. The van der Waals surface area contributed by atoms with Crippen molar-refractivity contribution in [3.8, 4) is 5.75 Å². The molecule has 1 saturated heterocycles. The maximum atomic E-state index is 12.6. The molecule has 27 heavy (non-hydrogen) atoms. The Hall–Kier alpha value is -2.82. The second-order valence-corrected chi connectivity index (χ2v) is 6.87. The number of aryl methyl sites for hydroxylation is 2. The second kappa shape index (κ2) is 8.25. The van der Waals surface area contributed by atoms with Crippen LogP contribution in [0.3, 0.4) is 0 Å². The standard InChI is InChI=1S/C22H26N2O3/c1-4-16-10-7-8-15(2)21(16)24-14-18(12-20(24)25)22(26)23-13-17-9-5-6-11-19(17)27-3/h5-11,18H,4,12-14H2,1-3H3,(H,23,26). The zero-order valence-corrected chi connectivity index (χ0v) is 16.1. The van der Waals surface area contributed by atoms with Gasteiger partial charge in [0.25, 0.3) is 0 Å². The molecule has 5 nitrogen and oxygen atoms in total. The van der Waals surface area contributed by atoms with Crippen LogP contribution in [0.25, 0.3) is 0 Å². The Balaban J connectivity index is 1.69. The van der Waals surface area contributed by atoms with Gasteiger partial charge in [-0.25, -0.2) is 0 Å². The summed E-state index contributed by atoms with van der Waals surface area (Å²) >= 11 is 0. The summed E-state index contributed by atoms with van der Waals surface area (Å²) in [6.45, 7) is 4.90. The third-order valence-corrected chi connectivity index (χ3v) is 5.11. The first-order valence-corrected chi connectivity index (χ1v) is 9.33. The number of amides is 2. The van der Waals surface area contributed by atoms with E-state index in [4.69, 9.17) is 4.74 Å². The van der Waals surface area contributed by atoms with Crippen LogP contribution in [0.2, 0.25) is 0 Å². The number of ether oxygens (including phenoxy) is 1. The Morgan fingerprint density at radius 1 is 1.19 bits per heavy atom. The lowest BCUT2D eigenvalue weighted by atomic mass is 10.0. The summed E-state index contributed by atoms with van der Waals surface area (Å²) in [5.41, 5.74) is 4.09. The van der Waals surface area contributed by atoms with Gasteiger partial charge in [-0.2, -0.15) is 0 Å². The van der Waals surface area contributed by atoms with Crippen LogP contribution in [0, 0.1) is 12.8 Å². The molecule has 5 heteroatoms. The Bertz CT molecular complexity index is 847. The molecule has 1 heterocycles. The molecular weight excluding hydrogens is 340 g/mol. The molecule has 1 aliphatic heterocycles. The van der Waals surface area contributed by atoms with Crippen molar-refractivity contribution in [1.29, 1.82) is 0 Å². The fourth-order valence-corrected chi connectivity index (χ4v) is 3.67. The number of hydrogen-bond acceptors (Lipinski definition) is 3. The quantitative estimate of drug-likeness (QED) is 0.854. The highest BCUT2D eigenvalue weighted by Gasteiger charge is 2.36. The number of carbonyl (C=O) groups excluding carboxylic acids is 2. The first kappa shape index (κ1) is 19.0. The number of benzene rings is 2. The van der Waals surface area contributed by atoms with Crippen LogP contribution in [0.1, 0.15) is 30.0 Å². The zero-order chi connectivity index (χ0) is 19.4. The molecule has 0 radical (unpaired) electrons. The molecule has 0 bridgehead atoms. The van der Waals surface area contributed by atoms with Crippen LogP contribution < -0.4 is 15.0 Å². The minimum Gasteiger partial charge on any atom is -0.496 e.